The summed E-state index contributed by atoms with van der Waals surface area (Å²) in [6.45, 7) is 4.81. The van der Waals surface area contributed by atoms with E-state index < -0.39 is 0 Å². The van der Waals surface area contributed by atoms with Gasteiger partial charge in [0.2, 0.25) is 11.8 Å². The van der Waals surface area contributed by atoms with Gasteiger partial charge in [0, 0.05) is 6.04 Å². The van der Waals surface area contributed by atoms with Crippen molar-refractivity contribution in [1.29, 1.82) is 0 Å². The highest BCUT2D eigenvalue weighted by molar-refractivity contribution is 6.05. The van der Waals surface area contributed by atoms with Gasteiger partial charge in [-0.3, -0.25) is 14.5 Å². The molecule has 1 aliphatic heterocycles. The van der Waals surface area contributed by atoms with Crippen LogP contribution in [0.4, 0.5) is 0 Å². The molecule has 4 heteroatoms. The molecule has 0 aromatic rings. The third-order valence-corrected chi connectivity index (χ3v) is 4.87. The molecule has 0 aromatic heterocycles. The van der Waals surface area contributed by atoms with Crippen LogP contribution in [0.3, 0.4) is 0 Å². The first-order valence-electron chi connectivity index (χ1n) is 8.22. The van der Waals surface area contributed by atoms with Crippen LogP contribution in [0.2, 0.25) is 0 Å². The topological polar surface area (TPSA) is 49.4 Å². The van der Waals surface area contributed by atoms with Crippen LogP contribution in [0.1, 0.15) is 65.2 Å². The molecule has 2 rings (SSSR count). The predicted molar refractivity (Wildman–Crippen MR) is 79.2 cm³/mol. The molecule has 0 spiro atoms. The fourth-order valence-electron chi connectivity index (χ4n) is 3.42. The lowest BCUT2D eigenvalue weighted by Crippen LogP contribution is -2.42. The van der Waals surface area contributed by atoms with Gasteiger partial charge >= 0.3 is 0 Å². The zero-order valence-corrected chi connectivity index (χ0v) is 12.9. The molecule has 2 fully saturated rings. The number of likely N-dealkylation sites (tertiary alicyclic amines) is 1. The number of amides is 2. The Kier molecular flexibility index (Phi) is 5.58. The van der Waals surface area contributed by atoms with Crippen LogP contribution in [0, 0.1) is 5.92 Å². The quantitative estimate of drug-likeness (QED) is 0.576. The number of carbonyl (C=O) groups excluding carboxylic acids is 2. The van der Waals surface area contributed by atoms with Crippen molar-refractivity contribution in [3.8, 4) is 0 Å². The fraction of sp³-hybridized carbons (Fsp3) is 0.875. The first-order valence-corrected chi connectivity index (χ1v) is 8.22. The Morgan fingerprint density at radius 2 is 2.00 bits per heavy atom. The van der Waals surface area contributed by atoms with Crippen molar-refractivity contribution >= 4 is 11.8 Å². The number of nitrogens with zero attached hydrogens (tertiary/aromatic N) is 1. The summed E-state index contributed by atoms with van der Waals surface area (Å²) in [5.41, 5.74) is 0. The van der Waals surface area contributed by atoms with Crippen molar-refractivity contribution < 1.29 is 9.59 Å². The smallest absolute Gasteiger partial charge is 0.247 e. The SMILES string of the molecule is CCC(C)N1C(=O)CC(NCCCC2CCCC2)C1=O. The van der Waals surface area contributed by atoms with E-state index in [2.05, 4.69) is 5.32 Å². The highest BCUT2D eigenvalue weighted by Gasteiger charge is 2.40. The fourth-order valence-corrected chi connectivity index (χ4v) is 3.42. The molecule has 20 heavy (non-hydrogen) atoms. The molecule has 0 bridgehead atoms. The van der Waals surface area contributed by atoms with E-state index in [0.29, 0.717) is 6.42 Å². The minimum atomic E-state index is -0.278. The van der Waals surface area contributed by atoms with Crippen LogP contribution >= 0.6 is 0 Å². The number of carbonyl (C=O) groups is 2. The summed E-state index contributed by atoms with van der Waals surface area (Å²) in [5, 5.41) is 3.28. The molecule has 2 unspecified atom stereocenters. The van der Waals surface area contributed by atoms with Gasteiger partial charge in [0.05, 0.1) is 12.5 Å². The van der Waals surface area contributed by atoms with Gasteiger partial charge in [-0.1, -0.05) is 32.6 Å². The van der Waals surface area contributed by atoms with Gasteiger partial charge in [-0.2, -0.15) is 0 Å². The Balaban J connectivity index is 1.70. The average Bonchev–Trinajstić information content (AvgIpc) is 3.03. The Bertz CT molecular complexity index is 350. The lowest BCUT2D eigenvalue weighted by Gasteiger charge is -2.21. The Morgan fingerprint density at radius 3 is 2.65 bits per heavy atom. The molecule has 1 heterocycles. The normalized spacial score (nSPS) is 25.7. The first-order chi connectivity index (χ1) is 9.63. The minimum Gasteiger partial charge on any atom is -0.305 e. The van der Waals surface area contributed by atoms with Crippen LogP contribution in [0.5, 0.6) is 0 Å². The third-order valence-electron chi connectivity index (χ3n) is 4.87. The third kappa shape index (κ3) is 3.60. The number of hydrogen-bond acceptors (Lipinski definition) is 3. The van der Waals surface area contributed by atoms with Gasteiger partial charge in [0.25, 0.3) is 0 Å². The Labute approximate surface area is 122 Å². The summed E-state index contributed by atoms with van der Waals surface area (Å²) < 4.78 is 0. The maximum atomic E-state index is 12.2. The molecule has 114 valence electrons. The molecule has 2 amide bonds. The zero-order valence-electron chi connectivity index (χ0n) is 12.9. The molecule has 1 saturated heterocycles. The monoisotopic (exact) mass is 280 g/mol. The Morgan fingerprint density at radius 1 is 1.30 bits per heavy atom. The van der Waals surface area contributed by atoms with Crippen LogP contribution in [0.25, 0.3) is 0 Å². The van der Waals surface area contributed by atoms with Crippen molar-refractivity contribution in [1.82, 2.24) is 10.2 Å². The van der Waals surface area contributed by atoms with E-state index in [9.17, 15) is 9.59 Å². The van der Waals surface area contributed by atoms with E-state index in [0.717, 1.165) is 25.3 Å². The highest BCUT2D eigenvalue weighted by Crippen LogP contribution is 2.28. The van der Waals surface area contributed by atoms with Gasteiger partial charge in [0.15, 0.2) is 0 Å². The molecule has 1 aliphatic carbocycles. The molecule has 0 aromatic carbocycles. The van der Waals surface area contributed by atoms with Crippen molar-refractivity contribution in [2.24, 2.45) is 5.92 Å². The van der Waals surface area contributed by atoms with Gasteiger partial charge < -0.3 is 5.32 Å². The molecule has 2 aliphatic rings. The van der Waals surface area contributed by atoms with E-state index in [-0.39, 0.29) is 23.9 Å². The van der Waals surface area contributed by atoms with Crippen LogP contribution < -0.4 is 5.32 Å². The minimum absolute atomic E-state index is 0.0161. The Hall–Kier alpha value is -0.900. The molecule has 0 radical (unpaired) electrons. The second-order valence-corrected chi connectivity index (χ2v) is 6.36. The van der Waals surface area contributed by atoms with Crippen molar-refractivity contribution in [2.45, 2.75) is 77.3 Å². The molecule has 2 atom stereocenters. The largest absolute Gasteiger partial charge is 0.305 e. The summed E-state index contributed by atoms with van der Waals surface area (Å²) in [6, 6.07) is -0.250. The molecule has 4 nitrogen and oxygen atoms in total. The summed E-state index contributed by atoms with van der Waals surface area (Å²) in [5.74, 6) is 0.859. The molecule has 1 N–H and O–H groups in total. The summed E-state index contributed by atoms with van der Waals surface area (Å²) in [7, 11) is 0. The molecule has 1 saturated carbocycles. The van der Waals surface area contributed by atoms with Crippen molar-refractivity contribution in [3.05, 3.63) is 0 Å². The van der Waals surface area contributed by atoms with Crippen LogP contribution in [0.15, 0.2) is 0 Å². The standard InChI is InChI=1S/C16H28N2O2/c1-3-12(2)18-15(19)11-14(16(18)20)17-10-6-9-13-7-4-5-8-13/h12-14,17H,3-11H2,1-2H3. The van der Waals surface area contributed by atoms with E-state index in [4.69, 9.17) is 0 Å². The second-order valence-electron chi connectivity index (χ2n) is 6.36. The number of hydrogen-bond donors (Lipinski definition) is 1. The zero-order chi connectivity index (χ0) is 14.5. The number of nitrogens with one attached hydrogen (secondary N) is 1. The second kappa shape index (κ2) is 7.21. The van der Waals surface area contributed by atoms with Crippen LogP contribution in [-0.2, 0) is 9.59 Å². The molecular weight excluding hydrogens is 252 g/mol. The van der Waals surface area contributed by atoms with E-state index in [1.54, 1.807) is 0 Å². The van der Waals surface area contributed by atoms with Gasteiger partial charge in [-0.25, -0.2) is 0 Å². The van der Waals surface area contributed by atoms with Crippen molar-refractivity contribution in [2.75, 3.05) is 6.54 Å². The van der Waals surface area contributed by atoms with E-state index in [1.165, 1.54) is 37.0 Å². The lowest BCUT2D eigenvalue weighted by molar-refractivity contribution is -0.141. The van der Waals surface area contributed by atoms with Crippen LogP contribution in [-0.4, -0.2) is 35.3 Å². The first kappa shape index (κ1) is 15.5. The maximum Gasteiger partial charge on any atom is 0.247 e. The van der Waals surface area contributed by atoms with Gasteiger partial charge in [0.1, 0.15) is 0 Å². The van der Waals surface area contributed by atoms with Crippen molar-refractivity contribution in [3.63, 3.8) is 0 Å². The summed E-state index contributed by atoms with van der Waals surface area (Å²) in [4.78, 5) is 25.6. The lowest BCUT2D eigenvalue weighted by atomic mass is 10.0. The summed E-state index contributed by atoms with van der Waals surface area (Å²) >= 11 is 0. The number of imide groups is 1. The van der Waals surface area contributed by atoms with Gasteiger partial charge in [-0.15, -0.1) is 0 Å². The average molecular weight is 280 g/mol. The highest BCUT2D eigenvalue weighted by atomic mass is 16.2. The van der Waals surface area contributed by atoms with Gasteiger partial charge in [-0.05, 0) is 38.6 Å². The molecular formula is C16H28N2O2. The van der Waals surface area contributed by atoms with E-state index in [1.807, 2.05) is 13.8 Å². The maximum absolute atomic E-state index is 12.2. The summed E-state index contributed by atoms with van der Waals surface area (Å²) in [6.07, 6.45) is 9.07. The number of rotatable bonds is 7. The van der Waals surface area contributed by atoms with E-state index >= 15 is 0 Å². The predicted octanol–water partition coefficient (Wildman–Crippen LogP) is 2.47.